The molecule has 1 N–H and O–H groups in total. The summed E-state index contributed by atoms with van der Waals surface area (Å²) in [4.78, 5) is 2.33. The van der Waals surface area contributed by atoms with Crippen LogP contribution in [-0.2, 0) is 6.54 Å². The molecule has 0 spiro atoms. The Morgan fingerprint density at radius 1 is 1.24 bits per heavy atom. The Kier molecular flexibility index (Phi) is 7.35. The molecule has 2 nitrogen and oxygen atoms in total. The van der Waals surface area contributed by atoms with Crippen molar-refractivity contribution in [1.82, 2.24) is 10.2 Å². The molecule has 1 aromatic rings. The van der Waals surface area contributed by atoms with Gasteiger partial charge in [0, 0.05) is 28.6 Å². The minimum Gasteiger partial charge on any atom is -0.315 e. The molecule has 0 saturated carbocycles. The van der Waals surface area contributed by atoms with E-state index in [0.717, 1.165) is 30.7 Å². The summed E-state index contributed by atoms with van der Waals surface area (Å²) in [6, 6.07) is 6.34. The van der Waals surface area contributed by atoms with E-state index in [1.165, 1.54) is 16.5 Å². The predicted octanol–water partition coefficient (Wildman–Crippen LogP) is 3.64. The minimum absolute atomic E-state index is 0.974. The van der Waals surface area contributed by atoms with Gasteiger partial charge in [0.05, 0.1) is 0 Å². The highest BCUT2D eigenvalue weighted by atomic mass is 79.9. The molecule has 0 bridgehead atoms. The fourth-order valence-electron chi connectivity index (χ4n) is 1.59. The molecule has 0 fully saturated rings. The highest BCUT2D eigenvalue weighted by Crippen LogP contribution is 2.22. The van der Waals surface area contributed by atoms with Crippen molar-refractivity contribution in [2.45, 2.75) is 19.9 Å². The van der Waals surface area contributed by atoms with Gasteiger partial charge in [-0.3, -0.25) is 0 Å². The van der Waals surface area contributed by atoms with Gasteiger partial charge in [-0.25, -0.2) is 0 Å². The van der Waals surface area contributed by atoms with Crippen molar-refractivity contribution in [2.75, 3.05) is 26.7 Å². The zero-order valence-electron chi connectivity index (χ0n) is 10.5. The van der Waals surface area contributed by atoms with E-state index in [2.05, 4.69) is 74.2 Å². The van der Waals surface area contributed by atoms with Gasteiger partial charge in [-0.1, -0.05) is 44.8 Å². The average Bonchev–Trinajstić information content (AvgIpc) is 2.28. The molecule has 0 amide bonds. The second-order valence-corrected chi connectivity index (χ2v) is 5.99. The molecule has 0 atom stereocenters. The molecule has 0 aliphatic heterocycles. The SMILES string of the molecule is CCCNCCN(C)Cc1ccc(Br)cc1Br. The van der Waals surface area contributed by atoms with Crippen molar-refractivity contribution < 1.29 is 0 Å². The summed E-state index contributed by atoms with van der Waals surface area (Å²) in [5.74, 6) is 0. The molecule has 0 heterocycles. The molecule has 0 saturated heterocycles. The number of benzene rings is 1. The monoisotopic (exact) mass is 362 g/mol. The van der Waals surface area contributed by atoms with E-state index in [1.807, 2.05) is 0 Å². The normalized spacial score (nSPS) is 11.1. The van der Waals surface area contributed by atoms with Crippen molar-refractivity contribution in [1.29, 1.82) is 0 Å². The second kappa shape index (κ2) is 8.25. The molecule has 0 radical (unpaired) electrons. The topological polar surface area (TPSA) is 15.3 Å². The lowest BCUT2D eigenvalue weighted by molar-refractivity contribution is 0.324. The molecule has 1 aromatic carbocycles. The standard InChI is InChI=1S/C13H20Br2N2/c1-3-6-16-7-8-17(2)10-11-4-5-12(14)9-13(11)15/h4-5,9,16H,3,6-8,10H2,1-2H3. The Morgan fingerprint density at radius 3 is 2.65 bits per heavy atom. The van der Waals surface area contributed by atoms with Crippen LogP contribution in [-0.4, -0.2) is 31.6 Å². The maximum absolute atomic E-state index is 3.60. The fourth-order valence-corrected chi connectivity index (χ4v) is 2.76. The number of hydrogen-bond donors (Lipinski definition) is 1. The number of hydrogen-bond acceptors (Lipinski definition) is 2. The van der Waals surface area contributed by atoms with E-state index in [-0.39, 0.29) is 0 Å². The molecule has 0 unspecified atom stereocenters. The zero-order chi connectivity index (χ0) is 12.7. The largest absolute Gasteiger partial charge is 0.315 e. The molecule has 0 aliphatic rings. The summed E-state index contributed by atoms with van der Waals surface area (Å²) in [7, 11) is 2.15. The van der Waals surface area contributed by atoms with Crippen LogP contribution in [0.5, 0.6) is 0 Å². The fraction of sp³-hybridized carbons (Fsp3) is 0.538. The van der Waals surface area contributed by atoms with Gasteiger partial charge in [-0.05, 0) is 37.7 Å². The lowest BCUT2D eigenvalue weighted by atomic mass is 10.2. The van der Waals surface area contributed by atoms with Crippen LogP contribution in [0.2, 0.25) is 0 Å². The van der Waals surface area contributed by atoms with Gasteiger partial charge in [0.25, 0.3) is 0 Å². The van der Waals surface area contributed by atoms with E-state index in [4.69, 9.17) is 0 Å². The maximum atomic E-state index is 3.60. The van der Waals surface area contributed by atoms with Crippen LogP contribution in [0.15, 0.2) is 27.1 Å². The summed E-state index contributed by atoms with van der Waals surface area (Å²) in [5.41, 5.74) is 1.33. The summed E-state index contributed by atoms with van der Waals surface area (Å²) in [6.07, 6.45) is 1.20. The Hall–Kier alpha value is 0.1000. The highest BCUT2D eigenvalue weighted by Gasteiger charge is 2.04. The lowest BCUT2D eigenvalue weighted by Gasteiger charge is -2.18. The first-order valence-electron chi connectivity index (χ1n) is 5.96. The van der Waals surface area contributed by atoms with Crippen LogP contribution >= 0.6 is 31.9 Å². The molecular formula is C13H20Br2N2. The van der Waals surface area contributed by atoms with E-state index in [1.54, 1.807) is 0 Å². The Morgan fingerprint density at radius 2 is 2.00 bits per heavy atom. The number of rotatable bonds is 7. The molecule has 4 heteroatoms. The van der Waals surface area contributed by atoms with Crippen molar-refractivity contribution in [3.8, 4) is 0 Å². The van der Waals surface area contributed by atoms with Crippen LogP contribution in [0.25, 0.3) is 0 Å². The van der Waals surface area contributed by atoms with Crippen molar-refractivity contribution in [3.63, 3.8) is 0 Å². The zero-order valence-corrected chi connectivity index (χ0v) is 13.6. The summed E-state index contributed by atoms with van der Waals surface area (Å²) < 4.78 is 2.28. The number of halogens is 2. The van der Waals surface area contributed by atoms with E-state index < -0.39 is 0 Å². The predicted molar refractivity (Wildman–Crippen MR) is 81.3 cm³/mol. The molecule has 1 rings (SSSR count). The average molecular weight is 364 g/mol. The van der Waals surface area contributed by atoms with E-state index >= 15 is 0 Å². The third-order valence-electron chi connectivity index (χ3n) is 2.55. The number of nitrogens with zero attached hydrogens (tertiary/aromatic N) is 1. The van der Waals surface area contributed by atoms with Gasteiger partial charge >= 0.3 is 0 Å². The maximum Gasteiger partial charge on any atom is 0.0242 e. The first-order valence-corrected chi connectivity index (χ1v) is 7.55. The smallest absolute Gasteiger partial charge is 0.0242 e. The Balaban J connectivity index is 2.37. The first-order chi connectivity index (χ1) is 8.13. The third-order valence-corrected chi connectivity index (χ3v) is 3.78. The van der Waals surface area contributed by atoms with Gasteiger partial charge in [0.1, 0.15) is 0 Å². The number of nitrogens with one attached hydrogen (secondary N) is 1. The molecule has 96 valence electrons. The van der Waals surface area contributed by atoms with Crippen LogP contribution in [0.3, 0.4) is 0 Å². The first kappa shape index (κ1) is 15.2. The third kappa shape index (κ3) is 6.00. The Bertz CT molecular complexity index is 342. The van der Waals surface area contributed by atoms with Gasteiger partial charge in [0.15, 0.2) is 0 Å². The van der Waals surface area contributed by atoms with Crippen molar-refractivity contribution >= 4 is 31.9 Å². The molecule has 0 aliphatic carbocycles. The Labute approximate surface area is 121 Å². The summed E-state index contributed by atoms with van der Waals surface area (Å²) in [5, 5.41) is 3.41. The van der Waals surface area contributed by atoms with Gasteiger partial charge in [-0.15, -0.1) is 0 Å². The molecular weight excluding hydrogens is 344 g/mol. The van der Waals surface area contributed by atoms with Crippen LogP contribution < -0.4 is 5.32 Å². The summed E-state index contributed by atoms with van der Waals surface area (Å²) >= 11 is 7.06. The van der Waals surface area contributed by atoms with E-state index in [9.17, 15) is 0 Å². The van der Waals surface area contributed by atoms with Crippen LogP contribution in [0.4, 0.5) is 0 Å². The quantitative estimate of drug-likeness (QED) is 0.744. The highest BCUT2D eigenvalue weighted by molar-refractivity contribution is 9.11. The van der Waals surface area contributed by atoms with Gasteiger partial charge in [-0.2, -0.15) is 0 Å². The van der Waals surface area contributed by atoms with Crippen LogP contribution in [0.1, 0.15) is 18.9 Å². The minimum atomic E-state index is 0.974. The van der Waals surface area contributed by atoms with Crippen molar-refractivity contribution in [2.24, 2.45) is 0 Å². The lowest BCUT2D eigenvalue weighted by Crippen LogP contribution is -2.29. The van der Waals surface area contributed by atoms with Crippen LogP contribution in [0, 0.1) is 0 Å². The molecule has 0 aromatic heterocycles. The van der Waals surface area contributed by atoms with Crippen molar-refractivity contribution in [3.05, 3.63) is 32.7 Å². The summed E-state index contributed by atoms with van der Waals surface area (Å²) in [6.45, 7) is 6.40. The second-order valence-electron chi connectivity index (χ2n) is 4.22. The van der Waals surface area contributed by atoms with Gasteiger partial charge < -0.3 is 10.2 Å². The van der Waals surface area contributed by atoms with E-state index in [0.29, 0.717) is 0 Å². The van der Waals surface area contributed by atoms with Gasteiger partial charge in [0.2, 0.25) is 0 Å². The number of likely N-dealkylation sites (N-methyl/N-ethyl adjacent to an activating group) is 1. The molecule has 17 heavy (non-hydrogen) atoms.